The van der Waals surface area contributed by atoms with Crippen molar-refractivity contribution in [3.05, 3.63) is 69.5 Å². The number of nitrogens with two attached hydrogens (primary N) is 1. The molecule has 1 atom stereocenters. The predicted octanol–water partition coefficient (Wildman–Crippen LogP) is 4.34. The van der Waals surface area contributed by atoms with E-state index in [9.17, 15) is 4.39 Å². The molecule has 0 amide bonds. The second-order valence-electron chi connectivity index (χ2n) is 4.91. The fourth-order valence-corrected chi connectivity index (χ4v) is 2.31. The first-order valence-corrected chi connectivity index (χ1v) is 6.62. The fourth-order valence-electron chi connectivity index (χ4n) is 2.12. The van der Waals surface area contributed by atoms with Crippen LogP contribution in [0.3, 0.4) is 0 Å². The largest absolute Gasteiger partial charge is 0.324 e. The standard InChI is InChI=1S/C16H17ClFN/c1-10-3-4-11(2)13(7-10)9-16(19)12-5-6-15(18)14(17)8-12/h3-8,16H,9,19H2,1-2H3. The fraction of sp³-hybridized carbons (Fsp3) is 0.250. The van der Waals surface area contributed by atoms with Gasteiger partial charge in [-0.25, -0.2) is 4.39 Å². The monoisotopic (exact) mass is 277 g/mol. The molecule has 3 heteroatoms. The Morgan fingerprint density at radius 1 is 1.16 bits per heavy atom. The van der Waals surface area contributed by atoms with Crippen molar-refractivity contribution in [1.29, 1.82) is 0 Å². The van der Waals surface area contributed by atoms with Gasteiger partial charge in [0, 0.05) is 6.04 Å². The van der Waals surface area contributed by atoms with E-state index in [-0.39, 0.29) is 11.1 Å². The minimum atomic E-state index is -0.413. The summed E-state index contributed by atoms with van der Waals surface area (Å²) in [7, 11) is 0. The van der Waals surface area contributed by atoms with Crippen LogP contribution in [-0.4, -0.2) is 0 Å². The van der Waals surface area contributed by atoms with Crippen molar-refractivity contribution < 1.29 is 4.39 Å². The number of rotatable bonds is 3. The van der Waals surface area contributed by atoms with Crippen LogP contribution >= 0.6 is 11.6 Å². The molecule has 0 aliphatic rings. The molecular weight excluding hydrogens is 261 g/mol. The Balaban J connectivity index is 2.22. The number of benzene rings is 2. The summed E-state index contributed by atoms with van der Waals surface area (Å²) in [6.45, 7) is 4.13. The SMILES string of the molecule is Cc1ccc(C)c(CC(N)c2ccc(F)c(Cl)c2)c1. The van der Waals surface area contributed by atoms with Gasteiger partial charge in [-0.15, -0.1) is 0 Å². The topological polar surface area (TPSA) is 26.0 Å². The van der Waals surface area contributed by atoms with E-state index < -0.39 is 5.82 Å². The molecule has 0 aromatic heterocycles. The van der Waals surface area contributed by atoms with Crippen LogP contribution in [0.1, 0.15) is 28.3 Å². The average Bonchev–Trinajstić information content (AvgIpc) is 2.37. The third-order valence-electron chi connectivity index (χ3n) is 3.32. The maximum absolute atomic E-state index is 13.1. The smallest absolute Gasteiger partial charge is 0.141 e. The maximum atomic E-state index is 13.1. The highest BCUT2D eigenvalue weighted by atomic mass is 35.5. The van der Waals surface area contributed by atoms with Gasteiger partial charge in [0.2, 0.25) is 0 Å². The van der Waals surface area contributed by atoms with Crippen LogP contribution in [0, 0.1) is 19.7 Å². The lowest BCUT2D eigenvalue weighted by atomic mass is 9.95. The van der Waals surface area contributed by atoms with Crippen molar-refractivity contribution >= 4 is 11.6 Å². The molecule has 0 heterocycles. The third kappa shape index (κ3) is 3.34. The lowest BCUT2D eigenvalue weighted by molar-refractivity contribution is 0.625. The van der Waals surface area contributed by atoms with E-state index in [4.69, 9.17) is 17.3 Å². The molecule has 0 saturated carbocycles. The molecule has 1 unspecified atom stereocenters. The van der Waals surface area contributed by atoms with Crippen molar-refractivity contribution in [3.63, 3.8) is 0 Å². The lowest BCUT2D eigenvalue weighted by Crippen LogP contribution is -2.14. The molecule has 2 aromatic carbocycles. The molecule has 2 rings (SSSR count). The van der Waals surface area contributed by atoms with Crippen LogP contribution in [0.15, 0.2) is 36.4 Å². The summed E-state index contributed by atoms with van der Waals surface area (Å²) in [4.78, 5) is 0. The summed E-state index contributed by atoms with van der Waals surface area (Å²) >= 11 is 5.79. The van der Waals surface area contributed by atoms with Crippen LogP contribution in [0.25, 0.3) is 0 Å². The summed E-state index contributed by atoms with van der Waals surface area (Å²) in [6, 6.07) is 10.8. The lowest BCUT2D eigenvalue weighted by Gasteiger charge is -2.15. The minimum absolute atomic E-state index is 0.119. The van der Waals surface area contributed by atoms with Crippen LogP contribution in [-0.2, 0) is 6.42 Å². The highest BCUT2D eigenvalue weighted by Crippen LogP contribution is 2.23. The van der Waals surface area contributed by atoms with Crippen molar-refractivity contribution in [3.8, 4) is 0 Å². The van der Waals surface area contributed by atoms with Gasteiger partial charge in [0.15, 0.2) is 0 Å². The number of aryl methyl sites for hydroxylation is 2. The van der Waals surface area contributed by atoms with Gasteiger partial charge in [0.05, 0.1) is 5.02 Å². The highest BCUT2D eigenvalue weighted by Gasteiger charge is 2.11. The highest BCUT2D eigenvalue weighted by molar-refractivity contribution is 6.30. The maximum Gasteiger partial charge on any atom is 0.141 e. The average molecular weight is 278 g/mol. The zero-order valence-electron chi connectivity index (χ0n) is 11.1. The molecule has 0 aliphatic carbocycles. The quantitative estimate of drug-likeness (QED) is 0.887. The first-order valence-electron chi connectivity index (χ1n) is 6.24. The molecule has 0 saturated heterocycles. The molecule has 0 bridgehead atoms. The summed E-state index contributed by atoms with van der Waals surface area (Å²) in [5.41, 5.74) is 10.7. The van der Waals surface area contributed by atoms with Crippen LogP contribution in [0.4, 0.5) is 4.39 Å². The Bertz CT molecular complexity index is 595. The van der Waals surface area contributed by atoms with Gasteiger partial charge in [0.1, 0.15) is 5.82 Å². The van der Waals surface area contributed by atoms with Gasteiger partial charge < -0.3 is 5.73 Å². The molecular formula is C16H17ClFN. The van der Waals surface area contributed by atoms with Crippen molar-refractivity contribution in [1.82, 2.24) is 0 Å². The second kappa shape index (κ2) is 5.72. The van der Waals surface area contributed by atoms with E-state index in [1.165, 1.54) is 22.8 Å². The predicted molar refractivity (Wildman–Crippen MR) is 78.0 cm³/mol. The van der Waals surface area contributed by atoms with Gasteiger partial charge in [0.25, 0.3) is 0 Å². The van der Waals surface area contributed by atoms with Crippen LogP contribution < -0.4 is 5.73 Å². The Morgan fingerprint density at radius 3 is 2.58 bits per heavy atom. The molecule has 0 radical (unpaired) electrons. The van der Waals surface area contributed by atoms with Gasteiger partial charge >= 0.3 is 0 Å². The van der Waals surface area contributed by atoms with E-state index in [0.717, 1.165) is 12.0 Å². The van der Waals surface area contributed by atoms with E-state index in [1.54, 1.807) is 12.1 Å². The zero-order valence-corrected chi connectivity index (χ0v) is 11.8. The molecule has 0 spiro atoms. The Hall–Kier alpha value is -1.38. The molecule has 19 heavy (non-hydrogen) atoms. The van der Waals surface area contributed by atoms with Crippen molar-refractivity contribution in [2.24, 2.45) is 5.73 Å². The van der Waals surface area contributed by atoms with E-state index in [1.807, 2.05) is 0 Å². The first kappa shape index (κ1) is 14.0. The minimum Gasteiger partial charge on any atom is -0.324 e. The molecule has 2 N–H and O–H groups in total. The van der Waals surface area contributed by atoms with Gasteiger partial charge in [-0.3, -0.25) is 0 Å². The van der Waals surface area contributed by atoms with Gasteiger partial charge in [-0.05, 0) is 49.1 Å². The summed E-state index contributed by atoms with van der Waals surface area (Å²) in [5.74, 6) is -0.413. The Kier molecular flexibility index (Phi) is 4.23. The van der Waals surface area contributed by atoms with E-state index in [0.29, 0.717) is 0 Å². The molecule has 100 valence electrons. The van der Waals surface area contributed by atoms with E-state index >= 15 is 0 Å². The number of hydrogen-bond acceptors (Lipinski definition) is 1. The summed E-state index contributed by atoms with van der Waals surface area (Å²) in [6.07, 6.45) is 0.718. The van der Waals surface area contributed by atoms with Gasteiger partial charge in [-0.2, -0.15) is 0 Å². The summed E-state index contributed by atoms with van der Waals surface area (Å²) in [5, 5.41) is 0.119. The normalized spacial score (nSPS) is 12.5. The molecule has 1 nitrogen and oxygen atoms in total. The van der Waals surface area contributed by atoms with Crippen molar-refractivity contribution in [2.45, 2.75) is 26.3 Å². The second-order valence-corrected chi connectivity index (χ2v) is 5.32. The van der Waals surface area contributed by atoms with Crippen LogP contribution in [0.2, 0.25) is 5.02 Å². The molecule has 2 aromatic rings. The van der Waals surface area contributed by atoms with E-state index in [2.05, 4.69) is 32.0 Å². The number of hydrogen-bond donors (Lipinski definition) is 1. The Labute approximate surface area is 118 Å². The third-order valence-corrected chi connectivity index (χ3v) is 3.61. The van der Waals surface area contributed by atoms with Crippen molar-refractivity contribution in [2.75, 3.05) is 0 Å². The zero-order chi connectivity index (χ0) is 14.0. The molecule has 0 aliphatic heterocycles. The van der Waals surface area contributed by atoms with Gasteiger partial charge in [-0.1, -0.05) is 41.4 Å². The first-order chi connectivity index (χ1) is 8.97. The summed E-state index contributed by atoms with van der Waals surface area (Å²) < 4.78 is 13.1. The Morgan fingerprint density at radius 2 is 1.89 bits per heavy atom. The van der Waals surface area contributed by atoms with Crippen LogP contribution in [0.5, 0.6) is 0 Å². The number of halogens is 2. The molecule has 0 fully saturated rings.